The fourth-order valence-corrected chi connectivity index (χ4v) is 1.93. The van der Waals surface area contributed by atoms with Gasteiger partial charge in [0.05, 0.1) is 6.61 Å². The number of aromatic nitrogens is 1. The van der Waals surface area contributed by atoms with Crippen LogP contribution < -0.4 is 10.5 Å². The molecule has 2 N–H and O–H groups in total. The molecule has 0 aliphatic heterocycles. The lowest BCUT2D eigenvalue weighted by Gasteiger charge is -2.16. The molecule has 2 rings (SSSR count). The summed E-state index contributed by atoms with van der Waals surface area (Å²) in [6.45, 7) is 2.62. The van der Waals surface area contributed by atoms with E-state index in [1.54, 1.807) is 6.20 Å². The lowest BCUT2D eigenvalue weighted by molar-refractivity contribution is 0.334. The molecule has 1 aromatic carbocycles. The van der Waals surface area contributed by atoms with Gasteiger partial charge >= 0.3 is 0 Å². The molecule has 0 fully saturated rings. The minimum Gasteiger partial charge on any atom is -0.494 e. The molecule has 0 aliphatic rings. The van der Waals surface area contributed by atoms with Crippen molar-refractivity contribution in [1.29, 1.82) is 0 Å². The Kier molecular flexibility index (Phi) is 4.31. The van der Waals surface area contributed by atoms with Gasteiger partial charge in [0.25, 0.3) is 0 Å². The normalized spacial score (nSPS) is 12.1. The van der Waals surface area contributed by atoms with Crippen LogP contribution in [0.1, 0.15) is 24.2 Å². The van der Waals surface area contributed by atoms with Crippen molar-refractivity contribution in [3.8, 4) is 5.75 Å². The van der Waals surface area contributed by atoms with Gasteiger partial charge in [0.1, 0.15) is 5.75 Å². The van der Waals surface area contributed by atoms with E-state index in [2.05, 4.69) is 4.98 Å². The Morgan fingerprint density at radius 2 is 1.94 bits per heavy atom. The van der Waals surface area contributed by atoms with Crippen molar-refractivity contribution in [2.75, 3.05) is 6.61 Å². The second kappa shape index (κ2) is 6.17. The minimum atomic E-state index is -0.0948. The monoisotopic (exact) mass is 242 g/mol. The highest BCUT2D eigenvalue weighted by atomic mass is 16.5. The van der Waals surface area contributed by atoms with Crippen LogP contribution in [-0.2, 0) is 6.42 Å². The second-order valence-electron chi connectivity index (χ2n) is 4.10. The van der Waals surface area contributed by atoms with Crippen LogP contribution in [0.4, 0.5) is 0 Å². The predicted octanol–water partition coefficient (Wildman–Crippen LogP) is 2.72. The lowest BCUT2D eigenvalue weighted by Crippen LogP contribution is -2.15. The molecular formula is C15H18N2O. The highest BCUT2D eigenvalue weighted by molar-refractivity contribution is 5.36. The zero-order valence-corrected chi connectivity index (χ0v) is 10.5. The molecule has 1 aromatic heterocycles. The van der Waals surface area contributed by atoms with Crippen molar-refractivity contribution >= 4 is 0 Å². The van der Waals surface area contributed by atoms with Gasteiger partial charge in [-0.1, -0.05) is 24.3 Å². The molecule has 0 spiro atoms. The number of benzene rings is 1. The first kappa shape index (κ1) is 12.6. The second-order valence-corrected chi connectivity index (χ2v) is 4.10. The maximum atomic E-state index is 6.24. The van der Waals surface area contributed by atoms with Gasteiger partial charge in [-0.05, 0) is 25.1 Å². The van der Waals surface area contributed by atoms with Gasteiger partial charge in [-0.25, -0.2) is 0 Å². The van der Waals surface area contributed by atoms with E-state index >= 15 is 0 Å². The fraction of sp³-hybridized carbons (Fsp3) is 0.267. The van der Waals surface area contributed by atoms with Gasteiger partial charge in [-0.2, -0.15) is 0 Å². The van der Waals surface area contributed by atoms with Crippen LogP contribution in [0.5, 0.6) is 5.75 Å². The molecule has 18 heavy (non-hydrogen) atoms. The lowest BCUT2D eigenvalue weighted by atomic mass is 10.0. The van der Waals surface area contributed by atoms with Crippen LogP contribution in [0.3, 0.4) is 0 Å². The molecule has 0 aliphatic carbocycles. The van der Waals surface area contributed by atoms with Gasteiger partial charge in [0.15, 0.2) is 0 Å². The number of para-hydroxylation sites is 1. The van der Waals surface area contributed by atoms with E-state index < -0.39 is 0 Å². The molecule has 94 valence electrons. The first-order valence-corrected chi connectivity index (χ1v) is 6.18. The summed E-state index contributed by atoms with van der Waals surface area (Å²) < 4.78 is 5.60. The van der Waals surface area contributed by atoms with Gasteiger partial charge in [0, 0.05) is 29.9 Å². The summed E-state index contributed by atoms with van der Waals surface area (Å²) in [5.41, 5.74) is 8.27. The third-order valence-corrected chi connectivity index (χ3v) is 2.77. The van der Waals surface area contributed by atoms with Crippen LogP contribution in [0.25, 0.3) is 0 Å². The average Bonchev–Trinajstić information content (AvgIpc) is 2.41. The minimum absolute atomic E-state index is 0.0948. The van der Waals surface area contributed by atoms with Crippen LogP contribution in [-0.4, -0.2) is 11.6 Å². The molecule has 0 radical (unpaired) electrons. The van der Waals surface area contributed by atoms with E-state index in [9.17, 15) is 0 Å². The number of hydrogen-bond acceptors (Lipinski definition) is 3. The summed E-state index contributed by atoms with van der Waals surface area (Å²) in [6.07, 6.45) is 2.50. The van der Waals surface area contributed by atoms with Gasteiger partial charge < -0.3 is 10.5 Å². The Labute approximate surface area is 108 Å². The Morgan fingerprint density at radius 1 is 1.17 bits per heavy atom. The Morgan fingerprint density at radius 3 is 2.67 bits per heavy atom. The highest BCUT2D eigenvalue weighted by Crippen LogP contribution is 2.25. The number of nitrogens with two attached hydrogens (primary N) is 1. The first-order valence-electron chi connectivity index (χ1n) is 6.18. The van der Waals surface area contributed by atoms with E-state index in [4.69, 9.17) is 10.5 Å². The summed E-state index contributed by atoms with van der Waals surface area (Å²) >= 11 is 0. The highest BCUT2D eigenvalue weighted by Gasteiger charge is 2.12. The average molecular weight is 242 g/mol. The Hall–Kier alpha value is -1.87. The van der Waals surface area contributed by atoms with Crippen molar-refractivity contribution < 1.29 is 4.74 Å². The van der Waals surface area contributed by atoms with Gasteiger partial charge in [-0.15, -0.1) is 0 Å². The maximum Gasteiger partial charge on any atom is 0.124 e. The zero-order chi connectivity index (χ0) is 12.8. The molecule has 3 nitrogen and oxygen atoms in total. The topological polar surface area (TPSA) is 48.1 Å². The largest absolute Gasteiger partial charge is 0.494 e. The summed E-state index contributed by atoms with van der Waals surface area (Å²) in [5.74, 6) is 0.864. The van der Waals surface area contributed by atoms with E-state index in [1.165, 1.54) is 0 Å². The standard InChI is InChI=1S/C15H18N2O/c1-2-18-15-9-4-3-8-13(15)14(16)11-12-7-5-6-10-17-12/h3-10,14H,2,11,16H2,1H3. The molecule has 0 saturated heterocycles. The van der Waals surface area contributed by atoms with Gasteiger partial charge in [-0.3, -0.25) is 4.98 Å². The molecule has 1 atom stereocenters. The number of hydrogen-bond donors (Lipinski definition) is 1. The van der Waals surface area contributed by atoms with E-state index in [1.807, 2.05) is 49.4 Å². The molecule has 0 saturated carbocycles. The summed E-state index contributed by atoms with van der Waals surface area (Å²) in [6, 6.07) is 13.7. The Bertz CT molecular complexity index is 485. The summed E-state index contributed by atoms with van der Waals surface area (Å²) in [7, 11) is 0. The number of pyridine rings is 1. The van der Waals surface area contributed by atoms with Crippen LogP contribution in [0.15, 0.2) is 48.7 Å². The molecule has 2 aromatic rings. The van der Waals surface area contributed by atoms with E-state index in [-0.39, 0.29) is 6.04 Å². The Balaban J connectivity index is 2.16. The maximum absolute atomic E-state index is 6.24. The number of rotatable bonds is 5. The fourth-order valence-electron chi connectivity index (χ4n) is 1.93. The van der Waals surface area contributed by atoms with Crippen molar-refractivity contribution in [3.05, 3.63) is 59.9 Å². The third-order valence-electron chi connectivity index (χ3n) is 2.77. The van der Waals surface area contributed by atoms with Crippen molar-refractivity contribution in [1.82, 2.24) is 4.98 Å². The van der Waals surface area contributed by atoms with Crippen LogP contribution in [0, 0.1) is 0 Å². The van der Waals surface area contributed by atoms with Crippen molar-refractivity contribution in [2.45, 2.75) is 19.4 Å². The van der Waals surface area contributed by atoms with Gasteiger partial charge in [0.2, 0.25) is 0 Å². The molecular weight excluding hydrogens is 224 g/mol. The van der Waals surface area contributed by atoms with Crippen LogP contribution in [0.2, 0.25) is 0 Å². The van der Waals surface area contributed by atoms with E-state index in [0.717, 1.165) is 17.0 Å². The molecule has 1 unspecified atom stereocenters. The number of ether oxygens (including phenoxy) is 1. The molecule has 1 heterocycles. The van der Waals surface area contributed by atoms with Crippen molar-refractivity contribution in [2.24, 2.45) is 5.73 Å². The third kappa shape index (κ3) is 3.08. The SMILES string of the molecule is CCOc1ccccc1C(N)Cc1ccccn1. The first-order chi connectivity index (χ1) is 8.81. The quantitative estimate of drug-likeness (QED) is 0.877. The number of nitrogens with zero attached hydrogens (tertiary/aromatic N) is 1. The summed E-state index contributed by atoms with van der Waals surface area (Å²) in [4.78, 5) is 4.30. The smallest absolute Gasteiger partial charge is 0.124 e. The summed E-state index contributed by atoms with van der Waals surface area (Å²) in [5, 5.41) is 0. The molecule has 3 heteroatoms. The van der Waals surface area contributed by atoms with Crippen molar-refractivity contribution in [3.63, 3.8) is 0 Å². The molecule has 0 bridgehead atoms. The predicted molar refractivity (Wildman–Crippen MR) is 72.5 cm³/mol. The molecule has 0 amide bonds. The van der Waals surface area contributed by atoms with Crippen LogP contribution >= 0.6 is 0 Å². The van der Waals surface area contributed by atoms with E-state index in [0.29, 0.717) is 13.0 Å². The zero-order valence-electron chi connectivity index (χ0n) is 10.5.